The minimum Gasteiger partial charge on any atom is -0.493 e. The molecular formula is C20H23IN6O3S. The SMILES string of the molecule is CC(C)(O)C(=O)NCCCn1c(Sc2cc3c(cc2I)CCO3)nc2c(N)ncnc21. The maximum Gasteiger partial charge on any atom is 0.251 e. The van der Waals surface area contributed by atoms with Gasteiger partial charge in [0.15, 0.2) is 22.1 Å². The van der Waals surface area contributed by atoms with Crippen LogP contribution in [-0.2, 0) is 17.8 Å². The fourth-order valence-corrected chi connectivity index (χ4v) is 5.03. The number of carbonyl (C=O) groups excluding carboxylic acids is 1. The average molecular weight is 554 g/mol. The molecule has 1 aliphatic heterocycles. The molecule has 2 aromatic heterocycles. The maximum absolute atomic E-state index is 11.9. The predicted molar refractivity (Wildman–Crippen MR) is 126 cm³/mol. The molecule has 0 fully saturated rings. The molecule has 0 bridgehead atoms. The lowest BCUT2D eigenvalue weighted by molar-refractivity contribution is -0.136. The number of hydrogen-bond acceptors (Lipinski definition) is 8. The number of rotatable bonds is 7. The van der Waals surface area contributed by atoms with Gasteiger partial charge in [0.2, 0.25) is 0 Å². The van der Waals surface area contributed by atoms with E-state index in [4.69, 9.17) is 15.5 Å². The van der Waals surface area contributed by atoms with E-state index in [0.29, 0.717) is 43.1 Å². The Labute approximate surface area is 197 Å². The van der Waals surface area contributed by atoms with Crippen molar-refractivity contribution in [3.8, 4) is 5.75 Å². The summed E-state index contributed by atoms with van der Waals surface area (Å²) in [5.41, 5.74) is 7.05. The smallest absolute Gasteiger partial charge is 0.251 e. The third-order valence-corrected chi connectivity index (χ3v) is 7.18. The Kier molecular flexibility index (Phi) is 6.26. The molecule has 4 rings (SSSR count). The molecule has 1 amide bonds. The zero-order chi connectivity index (χ0) is 22.2. The van der Waals surface area contributed by atoms with Gasteiger partial charge >= 0.3 is 0 Å². The van der Waals surface area contributed by atoms with Crippen LogP contribution in [0.25, 0.3) is 11.2 Å². The van der Waals surface area contributed by atoms with E-state index in [2.05, 4.69) is 50.0 Å². The van der Waals surface area contributed by atoms with Gasteiger partial charge in [-0.05, 0) is 60.6 Å². The first-order valence-corrected chi connectivity index (χ1v) is 11.7. The van der Waals surface area contributed by atoms with Crippen LogP contribution in [-0.4, -0.2) is 49.3 Å². The van der Waals surface area contributed by atoms with Gasteiger partial charge in [-0.2, -0.15) is 0 Å². The average Bonchev–Trinajstić information content (AvgIpc) is 3.29. The van der Waals surface area contributed by atoms with E-state index >= 15 is 0 Å². The number of aryl methyl sites for hydroxylation is 1. The van der Waals surface area contributed by atoms with Crippen LogP contribution in [0.3, 0.4) is 0 Å². The van der Waals surface area contributed by atoms with Crippen molar-refractivity contribution < 1.29 is 14.6 Å². The Morgan fingerprint density at radius 1 is 1.42 bits per heavy atom. The van der Waals surface area contributed by atoms with Gasteiger partial charge in [-0.1, -0.05) is 11.8 Å². The lowest BCUT2D eigenvalue weighted by Gasteiger charge is -2.16. The van der Waals surface area contributed by atoms with E-state index in [1.165, 1.54) is 37.5 Å². The Morgan fingerprint density at radius 2 is 2.23 bits per heavy atom. The third kappa shape index (κ3) is 4.72. The summed E-state index contributed by atoms with van der Waals surface area (Å²) in [5.74, 6) is 0.837. The van der Waals surface area contributed by atoms with Crippen LogP contribution in [0.4, 0.5) is 5.82 Å². The van der Waals surface area contributed by atoms with Crippen molar-refractivity contribution in [2.24, 2.45) is 0 Å². The minimum atomic E-state index is -1.41. The van der Waals surface area contributed by atoms with E-state index in [0.717, 1.165) is 25.8 Å². The van der Waals surface area contributed by atoms with Crippen molar-refractivity contribution in [3.63, 3.8) is 0 Å². The summed E-state index contributed by atoms with van der Waals surface area (Å²) in [4.78, 5) is 26.1. The molecule has 0 saturated carbocycles. The number of ether oxygens (including phenoxy) is 1. The molecule has 0 saturated heterocycles. The van der Waals surface area contributed by atoms with Gasteiger partial charge in [0.1, 0.15) is 17.7 Å². The highest BCUT2D eigenvalue weighted by molar-refractivity contribution is 14.1. The topological polar surface area (TPSA) is 128 Å². The van der Waals surface area contributed by atoms with Crippen molar-refractivity contribution in [2.45, 2.75) is 48.9 Å². The van der Waals surface area contributed by atoms with Gasteiger partial charge < -0.3 is 25.5 Å². The molecule has 0 unspecified atom stereocenters. The van der Waals surface area contributed by atoms with Crippen LogP contribution in [0.15, 0.2) is 28.5 Å². The molecule has 164 valence electrons. The van der Waals surface area contributed by atoms with Crippen LogP contribution < -0.4 is 15.8 Å². The number of carbonyl (C=O) groups is 1. The van der Waals surface area contributed by atoms with Crippen LogP contribution in [0, 0.1) is 3.57 Å². The number of hydrogen-bond donors (Lipinski definition) is 3. The second-order valence-corrected chi connectivity index (χ2v) is 9.91. The van der Waals surface area contributed by atoms with Gasteiger partial charge in [0.25, 0.3) is 5.91 Å². The first-order valence-electron chi connectivity index (χ1n) is 9.84. The Balaban J connectivity index is 1.58. The lowest BCUT2D eigenvalue weighted by atomic mass is 10.1. The van der Waals surface area contributed by atoms with E-state index in [1.54, 1.807) is 0 Å². The van der Waals surface area contributed by atoms with Gasteiger partial charge in [0.05, 0.1) is 6.61 Å². The third-order valence-electron chi connectivity index (χ3n) is 4.87. The normalized spacial score (nSPS) is 13.3. The number of anilines is 1. The van der Waals surface area contributed by atoms with Crippen LogP contribution in [0.2, 0.25) is 0 Å². The number of benzene rings is 1. The summed E-state index contributed by atoms with van der Waals surface area (Å²) in [5, 5.41) is 13.3. The van der Waals surface area contributed by atoms with Crippen LogP contribution in [0.5, 0.6) is 5.75 Å². The molecule has 0 radical (unpaired) electrons. The first kappa shape index (κ1) is 22.1. The predicted octanol–water partition coefficient (Wildman–Crippen LogP) is 2.38. The largest absolute Gasteiger partial charge is 0.493 e. The minimum absolute atomic E-state index is 0.327. The number of nitrogens with zero attached hydrogens (tertiary/aromatic N) is 4. The molecule has 0 spiro atoms. The van der Waals surface area contributed by atoms with E-state index in [-0.39, 0.29) is 0 Å². The molecule has 3 aromatic rings. The van der Waals surface area contributed by atoms with Crippen molar-refractivity contribution in [3.05, 3.63) is 27.6 Å². The van der Waals surface area contributed by atoms with Crippen molar-refractivity contribution in [1.29, 1.82) is 0 Å². The molecule has 9 nitrogen and oxygen atoms in total. The molecule has 11 heteroatoms. The highest BCUT2D eigenvalue weighted by Crippen LogP contribution is 2.38. The van der Waals surface area contributed by atoms with Gasteiger partial charge in [-0.25, -0.2) is 15.0 Å². The summed E-state index contributed by atoms with van der Waals surface area (Å²) >= 11 is 3.85. The summed E-state index contributed by atoms with van der Waals surface area (Å²) < 4.78 is 8.83. The molecule has 0 atom stereocenters. The van der Waals surface area contributed by atoms with E-state index in [1.807, 2.05) is 4.57 Å². The second-order valence-electron chi connectivity index (χ2n) is 7.74. The van der Waals surface area contributed by atoms with Crippen molar-refractivity contribution in [1.82, 2.24) is 24.8 Å². The Morgan fingerprint density at radius 3 is 3.00 bits per heavy atom. The molecule has 4 N–H and O–H groups in total. The van der Waals surface area contributed by atoms with Gasteiger partial charge in [-0.15, -0.1) is 0 Å². The number of aliphatic hydroxyl groups is 1. The summed E-state index contributed by atoms with van der Waals surface area (Å²) in [6.45, 7) is 4.61. The Bertz CT molecular complexity index is 1140. The number of aromatic nitrogens is 4. The lowest BCUT2D eigenvalue weighted by Crippen LogP contribution is -2.42. The number of imidazole rings is 1. The fraction of sp³-hybridized carbons (Fsp3) is 0.400. The fourth-order valence-electron chi connectivity index (χ4n) is 3.22. The van der Waals surface area contributed by atoms with Gasteiger partial charge in [0, 0.05) is 28.0 Å². The quantitative estimate of drug-likeness (QED) is 0.300. The van der Waals surface area contributed by atoms with Crippen LogP contribution in [0.1, 0.15) is 25.8 Å². The number of nitrogens with two attached hydrogens (primary N) is 1. The maximum atomic E-state index is 11.9. The highest BCUT2D eigenvalue weighted by atomic mass is 127. The zero-order valence-corrected chi connectivity index (χ0v) is 20.2. The molecule has 0 aliphatic carbocycles. The molecule has 3 heterocycles. The highest BCUT2D eigenvalue weighted by Gasteiger charge is 2.23. The number of nitrogen functional groups attached to an aromatic ring is 1. The first-order chi connectivity index (χ1) is 14.7. The monoisotopic (exact) mass is 554 g/mol. The summed E-state index contributed by atoms with van der Waals surface area (Å²) in [6.07, 6.45) is 2.99. The second kappa shape index (κ2) is 8.79. The van der Waals surface area contributed by atoms with Crippen molar-refractivity contribution >= 4 is 57.2 Å². The molecule has 31 heavy (non-hydrogen) atoms. The number of halogens is 1. The standard InChI is InChI=1S/C20H23IN6O3S/c1-20(2,29)18(28)23-5-3-6-27-17-15(16(22)24-10-25-17)26-19(27)31-14-9-13-11(4-7-30-13)8-12(14)21/h8-10,29H,3-7H2,1-2H3,(H,23,28)(H2,22,24,25). The Hall–Kier alpha value is -2.12. The van der Waals surface area contributed by atoms with E-state index < -0.39 is 11.5 Å². The number of amides is 1. The van der Waals surface area contributed by atoms with E-state index in [9.17, 15) is 9.90 Å². The molecule has 1 aliphatic rings. The summed E-state index contributed by atoms with van der Waals surface area (Å²) in [7, 11) is 0. The molecular weight excluding hydrogens is 531 g/mol. The number of fused-ring (bicyclic) bond motifs is 2. The van der Waals surface area contributed by atoms with Crippen LogP contribution >= 0.6 is 34.4 Å². The van der Waals surface area contributed by atoms with Gasteiger partial charge in [-0.3, -0.25) is 4.79 Å². The summed E-state index contributed by atoms with van der Waals surface area (Å²) in [6, 6.07) is 4.20. The van der Waals surface area contributed by atoms with Crippen molar-refractivity contribution in [2.75, 3.05) is 18.9 Å². The zero-order valence-electron chi connectivity index (χ0n) is 17.2. The number of nitrogens with one attached hydrogen (secondary N) is 1. The molecule has 1 aromatic carbocycles.